The minimum Gasteiger partial charge on any atom is -0.423 e. The molecule has 15 heavy (non-hydrogen) atoms. The van der Waals surface area contributed by atoms with Gasteiger partial charge in [-0.25, -0.2) is 0 Å². The molecule has 1 rings (SSSR count). The molecule has 1 heterocycles. The van der Waals surface area contributed by atoms with Crippen LogP contribution in [0.4, 0.5) is 0 Å². The Labute approximate surface area is 90.2 Å². The molecular weight excluding hydrogens is 194 g/mol. The molecule has 0 aliphatic carbocycles. The second kappa shape index (κ2) is 5.23. The van der Waals surface area contributed by atoms with E-state index < -0.39 is 0 Å². The quantitative estimate of drug-likeness (QED) is 0.795. The molecule has 0 bridgehead atoms. The highest BCUT2D eigenvalue weighted by Crippen LogP contribution is 2.10. The molecule has 0 aromatic carbocycles. The van der Waals surface area contributed by atoms with E-state index in [0.717, 1.165) is 13.0 Å². The minimum atomic E-state index is -0.181. The lowest BCUT2D eigenvalue weighted by Gasteiger charge is -2.17. The molecule has 1 N–H and O–H groups in total. The lowest BCUT2D eigenvalue weighted by molar-refractivity contribution is -0.0247. The number of ether oxygens (including phenoxy) is 1. The second-order valence-corrected chi connectivity index (χ2v) is 4.34. The Morgan fingerprint density at radius 3 is 2.53 bits per heavy atom. The predicted octanol–water partition coefficient (Wildman–Crippen LogP) is 1.15. The van der Waals surface area contributed by atoms with Crippen LogP contribution < -0.4 is 5.32 Å². The van der Waals surface area contributed by atoms with Crippen LogP contribution in [-0.4, -0.2) is 29.4 Å². The van der Waals surface area contributed by atoms with Crippen molar-refractivity contribution in [3.05, 3.63) is 11.8 Å². The number of likely N-dealkylation sites (N-methyl/N-ethyl adjacent to an activating group) is 1. The van der Waals surface area contributed by atoms with Crippen molar-refractivity contribution in [3.8, 4) is 0 Å². The maximum Gasteiger partial charge on any atom is 0.242 e. The number of hydrogen-bond acceptors (Lipinski definition) is 5. The minimum absolute atomic E-state index is 0.181. The van der Waals surface area contributed by atoms with Crippen LogP contribution in [0.15, 0.2) is 4.42 Å². The van der Waals surface area contributed by atoms with Gasteiger partial charge >= 0.3 is 0 Å². The Morgan fingerprint density at radius 2 is 1.93 bits per heavy atom. The van der Waals surface area contributed by atoms with Crippen molar-refractivity contribution >= 4 is 0 Å². The molecule has 0 fully saturated rings. The summed E-state index contributed by atoms with van der Waals surface area (Å²) in [4.78, 5) is 0. The molecule has 0 atom stereocenters. The molecule has 0 radical (unpaired) electrons. The maximum atomic E-state index is 5.52. The number of hydrogen-bond donors (Lipinski definition) is 1. The third-order valence-electron chi connectivity index (χ3n) is 1.73. The van der Waals surface area contributed by atoms with Gasteiger partial charge in [-0.2, -0.15) is 0 Å². The van der Waals surface area contributed by atoms with Crippen molar-refractivity contribution in [3.63, 3.8) is 0 Å². The summed E-state index contributed by atoms with van der Waals surface area (Å²) in [5.41, 5.74) is -0.181. The van der Waals surface area contributed by atoms with E-state index in [4.69, 9.17) is 9.15 Å². The van der Waals surface area contributed by atoms with Crippen LogP contribution in [-0.2, 0) is 17.8 Å². The first-order chi connectivity index (χ1) is 7.01. The molecule has 0 saturated heterocycles. The van der Waals surface area contributed by atoms with E-state index in [1.165, 1.54) is 0 Å². The average molecular weight is 213 g/mol. The largest absolute Gasteiger partial charge is 0.423 e. The summed E-state index contributed by atoms with van der Waals surface area (Å²) in [6, 6.07) is 0. The van der Waals surface area contributed by atoms with Gasteiger partial charge in [0, 0.05) is 13.0 Å². The van der Waals surface area contributed by atoms with Crippen molar-refractivity contribution in [2.45, 2.75) is 39.4 Å². The molecule has 0 amide bonds. The molecule has 0 aliphatic rings. The molecule has 0 unspecified atom stereocenters. The summed E-state index contributed by atoms with van der Waals surface area (Å²) in [5.74, 6) is 1.19. The Morgan fingerprint density at radius 1 is 1.27 bits per heavy atom. The van der Waals surface area contributed by atoms with Gasteiger partial charge in [0.25, 0.3) is 0 Å². The van der Waals surface area contributed by atoms with Crippen molar-refractivity contribution in [2.75, 3.05) is 13.6 Å². The van der Waals surface area contributed by atoms with Crippen LogP contribution in [0.25, 0.3) is 0 Å². The molecule has 0 saturated carbocycles. The van der Waals surface area contributed by atoms with Crippen molar-refractivity contribution < 1.29 is 9.15 Å². The smallest absolute Gasteiger partial charge is 0.242 e. The van der Waals surface area contributed by atoms with Gasteiger partial charge in [-0.1, -0.05) is 0 Å². The predicted molar refractivity (Wildman–Crippen MR) is 56.5 cm³/mol. The van der Waals surface area contributed by atoms with Gasteiger partial charge < -0.3 is 14.5 Å². The summed E-state index contributed by atoms with van der Waals surface area (Å²) in [6.07, 6.45) is 0.749. The zero-order chi connectivity index (χ0) is 11.3. The number of aromatic nitrogens is 2. The van der Waals surface area contributed by atoms with E-state index in [2.05, 4.69) is 15.5 Å². The van der Waals surface area contributed by atoms with Gasteiger partial charge in [-0.05, 0) is 27.8 Å². The fraction of sp³-hybridized carbons (Fsp3) is 0.800. The van der Waals surface area contributed by atoms with E-state index in [-0.39, 0.29) is 5.60 Å². The molecule has 1 aromatic heterocycles. The molecule has 1 aromatic rings. The van der Waals surface area contributed by atoms with E-state index >= 15 is 0 Å². The standard InChI is InChI=1S/C10H19N3O2/c1-10(2,3)14-7-9-13-12-8(15-9)5-6-11-4/h11H,5-7H2,1-4H3. The van der Waals surface area contributed by atoms with Gasteiger partial charge in [0.05, 0.1) is 5.60 Å². The third-order valence-corrected chi connectivity index (χ3v) is 1.73. The Balaban J connectivity index is 2.39. The first-order valence-corrected chi connectivity index (χ1v) is 5.11. The van der Waals surface area contributed by atoms with Crippen LogP contribution >= 0.6 is 0 Å². The first kappa shape index (κ1) is 12.1. The highest BCUT2D eigenvalue weighted by atomic mass is 16.5. The molecule has 5 heteroatoms. The van der Waals surface area contributed by atoms with Gasteiger partial charge in [-0.15, -0.1) is 10.2 Å². The SMILES string of the molecule is CNCCc1nnc(COC(C)(C)C)o1. The van der Waals surface area contributed by atoms with Crippen molar-refractivity contribution in [2.24, 2.45) is 0 Å². The van der Waals surface area contributed by atoms with Crippen LogP contribution in [0, 0.1) is 0 Å². The Kier molecular flexibility index (Phi) is 4.23. The zero-order valence-electron chi connectivity index (χ0n) is 9.83. The maximum absolute atomic E-state index is 5.52. The molecule has 0 spiro atoms. The number of nitrogens with one attached hydrogen (secondary N) is 1. The van der Waals surface area contributed by atoms with Crippen LogP contribution in [0.3, 0.4) is 0 Å². The lowest BCUT2D eigenvalue weighted by atomic mass is 10.2. The van der Waals surface area contributed by atoms with Crippen LogP contribution in [0.2, 0.25) is 0 Å². The van der Waals surface area contributed by atoms with Crippen LogP contribution in [0.5, 0.6) is 0 Å². The van der Waals surface area contributed by atoms with Gasteiger partial charge in [0.15, 0.2) is 0 Å². The second-order valence-electron chi connectivity index (χ2n) is 4.34. The molecule has 0 aliphatic heterocycles. The summed E-state index contributed by atoms with van der Waals surface area (Å²) >= 11 is 0. The number of rotatable bonds is 5. The van der Waals surface area contributed by atoms with E-state index in [1.54, 1.807) is 0 Å². The fourth-order valence-electron chi connectivity index (χ4n) is 0.958. The van der Waals surface area contributed by atoms with Gasteiger partial charge in [0.2, 0.25) is 11.8 Å². The monoisotopic (exact) mass is 213 g/mol. The molecule has 5 nitrogen and oxygen atoms in total. The Hall–Kier alpha value is -0.940. The normalized spacial score (nSPS) is 12.0. The van der Waals surface area contributed by atoms with Gasteiger partial charge in [0.1, 0.15) is 6.61 Å². The van der Waals surface area contributed by atoms with Crippen molar-refractivity contribution in [1.29, 1.82) is 0 Å². The summed E-state index contributed by atoms with van der Waals surface area (Å²) in [5, 5.41) is 10.8. The van der Waals surface area contributed by atoms with Crippen LogP contribution in [0.1, 0.15) is 32.6 Å². The van der Waals surface area contributed by atoms with E-state index in [9.17, 15) is 0 Å². The third kappa shape index (κ3) is 4.90. The first-order valence-electron chi connectivity index (χ1n) is 5.11. The summed E-state index contributed by atoms with van der Waals surface area (Å²) in [6.45, 7) is 7.18. The van der Waals surface area contributed by atoms with E-state index in [1.807, 2.05) is 27.8 Å². The highest BCUT2D eigenvalue weighted by molar-refractivity contribution is 4.81. The fourth-order valence-corrected chi connectivity index (χ4v) is 0.958. The lowest BCUT2D eigenvalue weighted by Crippen LogP contribution is -2.18. The number of nitrogens with zero attached hydrogens (tertiary/aromatic N) is 2. The van der Waals surface area contributed by atoms with E-state index in [0.29, 0.717) is 18.4 Å². The van der Waals surface area contributed by atoms with Crippen molar-refractivity contribution in [1.82, 2.24) is 15.5 Å². The average Bonchev–Trinajstić information content (AvgIpc) is 2.58. The zero-order valence-corrected chi connectivity index (χ0v) is 9.83. The summed E-state index contributed by atoms with van der Waals surface area (Å²) < 4.78 is 10.9. The topological polar surface area (TPSA) is 60.2 Å². The summed E-state index contributed by atoms with van der Waals surface area (Å²) in [7, 11) is 1.89. The molecule has 86 valence electrons. The van der Waals surface area contributed by atoms with Gasteiger partial charge in [-0.3, -0.25) is 0 Å². The highest BCUT2D eigenvalue weighted by Gasteiger charge is 2.13. The molecular formula is C10H19N3O2. The Bertz CT molecular complexity index is 291.